The Morgan fingerprint density at radius 1 is 1.03 bits per heavy atom. The molecule has 1 saturated heterocycles. The molecule has 0 radical (unpaired) electrons. The number of ether oxygens (including phenoxy) is 1. The summed E-state index contributed by atoms with van der Waals surface area (Å²) < 4.78 is 7.00. The van der Waals surface area contributed by atoms with Crippen molar-refractivity contribution in [3.63, 3.8) is 0 Å². The van der Waals surface area contributed by atoms with Crippen molar-refractivity contribution in [1.82, 2.24) is 9.80 Å². The van der Waals surface area contributed by atoms with Gasteiger partial charge in [0, 0.05) is 47.8 Å². The lowest BCUT2D eigenvalue weighted by atomic mass is 9.98. The maximum Gasteiger partial charge on any atom is 0.409 e. The SMILES string of the molecule is C#Cc1cc(I)cc(CN2CCN(C(=O)OCC3c4ccccc4-c4ccccc43)CC2)c1C. The van der Waals surface area contributed by atoms with Crippen LogP contribution in [0, 0.1) is 22.8 Å². The van der Waals surface area contributed by atoms with Gasteiger partial charge in [-0.1, -0.05) is 54.5 Å². The number of terminal acetylenes is 1. The van der Waals surface area contributed by atoms with Crippen LogP contribution in [0.2, 0.25) is 0 Å². The lowest BCUT2D eigenvalue weighted by molar-refractivity contribution is 0.0728. The molecule has 0 aromatic heterocycles. The molecule has 2 aliphatic rings. The van der Waals surface area contributed by atoms with Crippen LogP contribution in [0.25, 0.3) is 11.1 Å². The smallest absolute Gasteiger partial charge is 0.409 e. The molecular formula is C29H27IN2O2. The van der Waals surface area contributed by atoms with Gasteiger partial charge < -0.3 is 9.64 Å². The Labute approximate surface area is 215 Å². The third-order valence-corrected chi connectivity index (χ3v) is 7.62. The monoisotopic (exact) mass is 562 g/mol. The zero-order valence-corrected chi connectivity index (χ0v) is 21.4. The van der Waals surface area contributed by atoms with E-state index >= 15 is 0 Å². The standard InChI is InChI=1S/C29H27IN2O2/c1-3-21-16-23(30)17-22(20(21)2)18-31-12-14-32(15-13-31)29(33)34-19-28-26-10-6-4-8-24(26)25-9-5-7-11-27(25)28/h1,4-11,16-17,28H,12-15,18-19H2,2H3. The van der Waals surface area contributed by atoms with Crippen LogP contribution in [0.3, 0.4) is 0 Å². The van der Waals surface area contributed by atoms with E-state index in [1.54, 1.807) is 0 Å². The second-order valence-electron chi connectivity index (χ2n) is 8.95. The number of hydrogen-bond donors (Lipinski definition) is 0. The third-order valence-electron chi connectivity index (χ3n) is 7.00. The minimum absolute atomic E-state index is 0.0894. The first-order valence-electron chi connectivity index (χ1n) is 11.6. The summed E-state index contributed by atoms with van der Waals surface area (Å²) in [5.41, 5.74) is 8.34. The Hall–Kier alpha value is -2.82. The lowest BCUT2D eigenvalue weighted by Gasteiger charge is -2.34. The number of amides is 1. The average Bonchev–Trinajstić information content (AvgIpc) is 3.18. The average molecular weight is 562 g/mol. The molecule has 0 atom stereocenters. The molecule has 0 bridgehead atoms. The first-order valence-corrected chi connectivity index (χ1v) is 12.7. The number of carbonyl (C=O) groups is 1. The zero-order valence-electron chi connectivity index (χ0n) is 19.3. The van der Waals surface area contributed by atoms with E-state index in [1.165, 1.54) is 33.4 Å². The summed E-state index contributed by atoms with van der Waals surface area (Å²) in [4.78, 5) is 17.1. The number of benzene rings is 3. The van der Waals surface area contributed by atoms with Gasteiger partial charge in [-0.15, -0.1) is 6.42 Å². The van der Waals surface area contributed by atoms with E-state index in [-0.39, 0.29) is 12.0 Å². The molecule has 1 amide bonds. The number of fused-ring (bicyclic) bond motifs is 3. The Bertz CT molecular complexity index is 1230. The van der Waals surface area contributed by atoms with Crippen molar-refractivity contribution in [2.24, 2.45) is 0 Å². The number of nitrogens with zero attached hydrogens (tertiary/aromatic N) is 2. The first-order chi connectivity index (χ1) is 16.5. The molecule has 4 nitrogen and oxygen atoms in total. The molecule has 5 rings (SSSR count). The van der Waals surface area contributed by atoms with Crippen LogP contribution in [0.4, 0.5) is 4.79 Å². The van der Waals surface area contributed by atoms with E-state index in [9.17, 15) is 4.79 Å². The van der Waals surface area contributed by atoms with Crippen molar-refractivity contribution in [2.75, 3.05) is 32.8 Å². The molecule has 1 aliphatic heterocycles. The molecule has 0 unspecified atom stereocenters. The molecule has 5 heteroatoms. The van der Waals surface area contributed by atoms with Crippen molar-refractivity contribution in [3.05, 3.63) is 92.1 Å². The van der Waals surface area contributed by atoms with Gasteiger partial charge in [-0.3, -0.25) is 4.90 Å². The maximum atomic E-state index is 12.9. The Kier molecular flexibility index (Phi) is 6.62. The Morgan fingerprint density at radius 2 is 1.65 bits per heavy atom. The van der Waals surface area contributed by atoms with Crippen molar-refractivity contribution in [3.8, 4) is 23.5 Å². The molecule has 3 aromatic carbocycles. The van der Waals surface area contributed by atoms with Crippen LogP contribution in [0.1, 0.15) is 33.7 Å². The number of hydrogen-bond acceptors (Lipinski definition) is 3. The van der Waals surface area contributed by atoms with Crippen LogP contribution in [0.5, 0.6) is 0 Å². The van der Waals surface area contributed by atoms with Gasteiger partial charge in [-0.25, -0.2) is 4.79 Å². The fourth-order valence-electron chi connectivity index (χ4n) is 5.06. The molecule has 34 heavy (non-hydrogen) atoms. The molecule has 0 spiro atoms. The van der Waals surface area contributed by atoms with Gasteiger partial charge in [0.1, 0.15) is 6.61 Å². The fraction of sp³-hybridized carbons (Fsp3) is 0.276. The topological polar surface area (TPSA) is 32.8 Å². The summed E-state index contributed by atoms with van der Waals surface area (Å²) in [6, 6.07) is 21.1. The van der Waals surface area contributed by atoms with Gasteiger partial charge in [0.25, 0.3) is 0 Å². The maximum absolute atomic E-state index is 12.9. The van der Waals surface area contributed by atoms with E-state index in [0.717, 1.165) is 28.8 Å². The van der Waals surface area contributed by atoms with E-state index < -0.39 is 0 Å². The summed E-state index contributed by atoms with van der Waals surface area (Å²) in [7, 11) is 0. The molecule has 3 aromatic rings. The highest BCUT2D eigenvalue weighted by atomic mass is 127. The molecule has 1 heterocycles. The number of piperazine rings is 1. The normalized spacial score (nSPS) is 15.5. The molecular weight excluding hydrogens is 535 g/mol. The highest BCUT2D eigenvalue weighted by Gasteiger charge is 2.30. The molecule has 1 fully saturated rings. The van der Waals surface area contributed by atoms with Crippen molar-refractivity contribution in [2.45, 2.75) is 19.4 Å². The van der Waals surface area contributed by atoms with Gasteiger partial charge in [-0.05, 0) is 75.0 Å². The van der Waals surface area contributed by atoms with E-state index in [1.807, 2.05) is 4.90 Å². The minimum atomic E-state index is -0.221. The van der Waals surface area contributed by atoms with Crippen LogP contribution in [-0.2, 0) is 11.3 Å². The number of rotatable bonds is 4. The Morgan fingerprint density at radius 3 is 2.26 bits per heavy atom. The van der Waals surface area contributed by atoms with Crippen LogP contribution in [-0.4, -0.2) is 48.7 Å². The predicted octanol–water partition coefficient (Wildman–Crippen LogP) is 5.65. The second-order valence-corrected chi connectivity index (χ2v) is 10.2. The summed E-state index contributed by atoms with van der Waals surface area (Å²) in [6.07, 6.45) is 5.45. The molecule has 1 aliphatic carbocycles. The largest absolute Gasteiger partial charge is 0.448 e. The van der Waals surface area contributed by atoms with E-state index in [4.69, 9.17) is 11.2 Å². The van der Waals surface area contributed by atoms with Crippen molar-refractivity contribution < 1.29 is 9.53 Å². The van der Waals surface area contributed by atoms with Crippen LogP contribution in [0.15, 0.2) is 60.7 Å². The first kappa shape index (κ1) is 22.9. The predicted molar refractivity (Wildman–Crippen MR) is 144 cm³/mol. The van der Waals surface area contributed by atoms with Gasteiger partial charge in [0.15, 0.2) is 0 Å². The summed E-state index contributed by atoms with van der Waals surface area (Å²) in [5, 5.41) is 0. The minimum Gasteiger partial charge on any atom is -0.448 e. The summed E-state index contributed by atoms with van der Waals surface area (Å²) in [5.74, 6) is 2.88. The van der Waals surface area contributed by atoms with E-state index in [2.05, 4.69) is 101 Å². The summed E-state index contributed by atoms with van der Waals surface area (Å²) in [6.45, 7) is 6.28. The summed E-state index contributed by atoms with van der Waals surface area (Å²) >= 11 is 2.32. The van der Waals surface area contributed by atoms with Gasteiger partial charge in [0.05, 0.1) is 0 Å². The molecule has 172 valence electrons. The molecule has 0 N–H and O–H groups in total. The quantitative estimate of drug-likeness (QED) is 0.305. The third kappa shape index (κ3) is 4.45. The van der Waals surface area contributed by atoms with Gasteiger partial charge in [0.2, 0.25) is 0 Å². The highest BCUT2D eigenvalue weighted by molar-refractivity contribution is 14.1. The number of carbonyl (C=O) groups excluding carboxylic acids is 1. The van der Waals surface area contributed by atoms with Crippen LogP contribution < -0.4 is 0 Å². The lowest BCUT2D eigenvalue weighted by Crippen LogP contribution is -2.48. The van der Waals surface area contributed by atoms with Gasteiger partial charge >= 0.3 is 6.09 Å². The van der Waals surface area contributed by atoms with Crippen LogP contribution >= 0.6 is 22.6 Å². The van der Waals surface area contributed by atoms with Crippen molar-refractivity contribution >= 4 is 28.7 Å². The molecule has 0 saturated carbocycles. The van der Waals surface area contributed by atoms with Gasteiger partial charge in [-0.2, -0.15) is 0 Å². The fourth-order valence-corrected chi connectivity index (χ4v) is 5.75. The number of halogens is 1. The highest BCUT2D eigenvalue weighted by Crippen LogP contribution is 2.44. The Balaban J connectivity index is 1.19. The second kappa shape index (κ2) is 9.81. The van der Waals surface area contributed by atoms with Crippen molar-refractivity contribution in [1.29, 1.82) is 0 Å². The zero-order chi connectivity index (χ0) is 23.7. The van der Waals surface area contributed by atoms with E-state index in [0.29, 0.717) is 19.7 Å².